The smallest absolute Gasteiger partial charge is 0.142 e. The highest BCUT2D eigenvalue weighted by molar-refractivity contribution is 6.34. The lowest BCUT2D eigenvalue weighted by Crippen LogP contribution is -2.29. The van der Waals surface area contributed by atoms with Crippen LogP contribution in [0.15, 0.2) is 66.7 Å². The van der Waals surface area contributed by atoms with Crippen LogP contribution < -0.4 is 14.2 Å². The van der Waals surface area contributed by atoms with E-state index in [9.17, 15) is 0 Å². The summed E-state index contributed by atoms with van der Waals surface area (Å²) in [5.74, 6) is 2.29. The fourth-order valence-electron chi connectivity index (χ4n) is 6.98. The van der Waals surface area contributed by atoms with E-state index >= 15 is 0 Å². The number of hydrogen-bond donors (Lipinski definition) is 0. The van der Waals surface area contributed by atoms with E-state index in [4.69, 9.17) is 49.0 Å². The first-order chi connectivity index (χ1) is 23.8. The second kappa shape index (κ2) is 17.3. The summed E-state index contributed by atoms with van der Waals surface area (Å²) in [6, 6.07) is 22.1. The number of likely N-dealkylation sites (tertiary alicyclic amines) is 2. The summed E-state index contributed by atoms with van der Waals surface area (Å²) in [6.07, 6.45) is 7.38. The molecule has 0 N–H and O–H groups in total. The van der Waals surface area contributed by atoms with Crippen molar-refractivity contribution in [3.05, 3.63) is 110 Å². The Balaban J connectivity index is 1.17. The number of piperidine rings is 1. The molecule has 49 heavy (non-hydrogen) atoms. The van der Waals surface area contributed by atoms with Crippen LogP contribution in [0.4, 0.5) is 0 Å². The molecule has 0 spiro atoms. The summed E-state index contributed by atoms with van der Waals surface area (Å²) < 4.78 is 19.1. The average molecular weight is 722 g/mol. The van der Waals surface area contributed by atoms with Gasteiger partial charge in [0.1, 0.15) is 30.5 Å². The van der Waals surface area contributed by atoms with Crippen molar-refractivity contribution in [3.8, 4) is 28.4 Å². The van der Waals surface area contributed by atoms with E-state index in [1.807, 2.05) is 24.3 Å². The molecular formula is C41H47Cl3N2O3. The zero-order valence-electron chi connectivity index (χ0n) is 28.7. The van der Waals surface area contributed by atoms with Gasteiger partial charge in [0.2, 0.25) is 0 Å². The van der Waals surface area contributed by atoms with Crippen molar-refractivity contribution in [1.82, 2.24) is 9.80 Å². The molecular weight excluding hydrogens is 675 g/mol. The molecule has 5 nitrogen and oxygen atoms in total. The second-order valence-corrected chi connectivity index (χ2v) is 14.6. The van der Waals surface area contributed by atoms with Crippen LogP contribution in [0.3, 0.4) is 0 Å². The van der Waals surface area contributed by atoms with Crippen molar-refractivity contribution in [3.63, 3.8) is 0 Å². The van der Waals surface area contributed by atoms with E-state index in [-0.39, 0.29) is 0 Å². The molecule has 8 heteroatoms. The van der Waals surface area contributed by atoms with Gasteiger partial charge in [-0.1, -0.05) is 71.6 Å². The van der Waals surface area contributed by atoms with Gasteiger partial charge in [-0.05, 0) is 136 Å². The van der Waals surface area contributed by atoms with E-state index in [2.05, 4.69) is 60.0 Å². The molecule has 2 saturated heterocycles. The molecule has 0 aromatic heterocycles. The molecule has 260 valence electrons. The Morgan fingerprint density at radius 1 is 0.592 bits per heavy atom. The van der Waals surface area contributed by atoms with Gasteiger partial charge < -0.3 is 19.1 Å². The van der Waals surface area contributed by atoms with E-state index in [1.165, 1.54) is 61.9 Å². The van der Waals surface area contributed by atoms with Gasteiger partial charge >= 0.3 is 0 Å². The van der Waals surface area contributed by atoms with Gasteiger partial charge in [-0.25, -0.2) is 0 Å². The Labute approximate surface area is 307 Å². The maximum absolute atomic E-state index is 6.89. The minimum Gasteiger partial charge on any atom is -0.493 e. The Hall–Kier alpha value is -2.93. The largest absolute Gasteiger partial charge is 0.493 e. The predicted octanol–water partition coefficient (Wildman–Crippen LogP) is 10.9. The zero-order chi connectivity index (χ0) is 34.2. The number of ether oxygens (including phenoxy) is 3. The topological polar surface area (TPSA) is 34.2 Å². The van der Waals surface area contributed by atoms with Crippen LogP contribution in [0.2, 0.25) is 15.1 Å². The SMILES string of the molecule is Cc1c(COc2cc(OCc3cc(Cl)cc(Cl)c3)c(CN3CCCCC3)cc2Cl)cccc1-c1cccc(OCCCN2CCCC2)c1C. The molecule has 2 heterocycles. The van der Waals surface area contributed by atoms with Gasteiger partial charge in [0, 0.05) is 34.8 Å². The molecule has 4 aromatic carbocycles. The molecule has 0 radical (unpaired) electrons. The quantitative estimate of drug-likeness (QED) is 0.121. The standard InChI is InChI=1S/C41H47Cl3N2O3/c1-29-32(11-8-12-36(29)37-13-9-14-39(30(37)2)47-20-10-19-45-15-6-7-16-45)28-49-41-25-40(48-27-31-21-34(42)24-35(43)22-31)33(23-38(41)44)26-46-17-4-3-5-18-46/h8-9,11-14,21-25H,3-7,10,15-20,26-28H2,1-2H3. The monoisotopic (exact) mass is 720 g/mol. The van der Waals surface area contributed by atoms with Gasteiger partial charge in [-0.2, -0.15) is 0 Å². The average Bonchev–Trinajstić information content (AvgIpc) is 3.61. The highest BCUT2D eigenvalue weighted by Gasteiger charge is 2.18. The van der Waals surface area contributed by atoms with E-state index < -0.39 is 0 Å². The van der Waals surface area contributed by atoms with Crippen LogP contribution in [0.25, 0.3) is 11.1 Å². The summed E-state index contributed by atoms with van der Waals surface area (Å²) in [6.45, 7) is 12.2. The number of benzene rings is 4. The first-order valence-electron chi connectivity index (χ1n) is 17.6. The molecule has 2 fully saturated rings. The van der Waals surface area contributed by atoms with Gasteiger partial charge in [-0.15, -0.1) is 0 Å². The van der Waals surface area contributed by atoms with Crippen LogP contribution in [0, 0.1) is 13.8 Å². The van der Waals surface area contributed by atoms with Crippen LogP contribution in [0.1, 0.15) is 66.3 Å². The van der Waals surface area contributed by atoms with Crippen molar-refractivity contribution in [1.29, 1.82) is 0 Å². The minimum absolute atomic E-state index is 0.329. The van der Waals surface area contributed by atoms with Crippen molar-refractivity contribution < 1.29 is 14.2 Å². The number of nitrogens with zero attached hydrogens (tertiary/aromatic N) is 2. The Morgan fingerprint density at radius 2 is 1.24 bits per heavy atom. The lowest BCUT2D eigenvalue weighted by Gasteiger charge is -2.27. The van der Waals surface area contributed by atoms with Crippen molar-refractivity contribution in [2.75, 3.05) is 39.3 Å². The van der Waals surface area contributed by atoms with E-state index in [0.29, 0.717) is 34.0 Å². The highest BCUT2D eigenvalue weighted by Crippen LogP contribution is 2.37. The van der Waals surface area contributed by atoms with Crippen molar-refractivity contribution in [2.24, 2.45) is 0 Å². The first kappa shape index (κ1) is 35.9. The normalized spacial score (nSPS) is 15.4. The van der Waals surface area contributed by atoms with Crippen LogP contribution in [-0.4, -0.2) is 49.1 Å². The number of halogens is 3. The summed E-state index contributed by atoms with van der Waals surface area (Å²) >= 11 is 19.4. The van der Waals surface area contributed by atoms with Crippen LogP contribution in [-0.2, 0) is 19.8 Å². The van der Waals surface area contributed by atoms with Gasteiger partial charge in [0.25, 0.3) is 0 Å². The Kier molecular flexibility index (Phi) is 12.7. The fourth-order valence-corrected chi connectivity index (χ4v) is 7.80. The second-order valence-electron chi connectivity index (χ2n) is 13.4. The van der Waals surface area contributed by atoms with Gasteiger partial charge in [-0.3, -0.25) is 4.90 Å². The first-order valence-corrected chi connectivity index (χ1v) is 18.8. The van der Waals surface area contributed by atoms with E-state index in [0.717, 1.165) is 73.0 Å². The summed E-state index contributed by atoms with van der Waals surface area (Å²) in [4.78, 5) is 5.00. The van der Waals surface area contributed by atoms with E-state index in [1.54, 1.807) is 6.07 Å². The molecule has 0 saturated carbocycles. The third-order valence-corrected chi connectivity index (χ3v) is 10.5. The van der Waals surface area contributed by atoms with Crippen LogP contribution >= 0.6 is 34.8 Å². The van der Waals surface area contributed by atoms with Crippen molar-refractivity contribution >= 4 is 34.8 Å². The fraction of sp³-hybridized carbons (Fsp3) is 0.415. The molecule has 2 aliphatic rings. The molecule has 4 aromatic rings. The molecule has 0 bridgehead atoms. The molecule has 0 amide bonds. The van der Waals surface area contributed by atoms with Gasteiger partial charge in [0.15, 0.2) is 0 Å². The van der Waals surface area contributed by atoms with Crippen molar-refractivity contribution in [2.45, 2.75) is 72.1 Å². The molecule has 0 atom stereocenters. The molecule has 0 unspecified atom stereocenters. The Morgan fingerprint density at radius 3 is 2.00 bits per heavy atom. The minimum atomic E-state index is 0.329. The summed E-state index contributed by atoms with van der Waals surface area (Å²) in [7, 11) is 0. The molecule has 2 aliphatic heterocycles. The third kappa shape index (κ3) is 9.65. The number of hydrogen-bond acceptors (Lipinski definition) is 5. The predicted molar refractivity (Wildman–Crippen MR) is 203 cm³/mol. The maximum Gasteiger partial charge on any atom is 0.142 e. The molecule has 6 rings (SSSR count). The lowest BCUT2D eigenvalue weighted by atomic mass is 9.93. The van der Waals surface area contributed by atoms with Crippen LogP contribution in [0.5, 0.6) is 17.2 Å². The van der Waals surface area contributed by atoms with Gasteiger partial charge in [0.05, 0.1) is 11.6 Å². The summed E-state index contributed by atoms with van der Waals surface area (Å²) in [5, 5.41) is 1.74. The molecule has 0 aliphatic carbocycles. The highest BCUT2D eigenvalue weighted by atomic mass is 35.5. The third-order valence-electron chi connectivity index (χ3n) is 9.75. The maximum atomic E-state index is 6.89. The number of rotatable bonds is 14. The summed E-state index contributed by atoms with van der Waals surface area (Å²) in [5.41, 5.74) is 7.71. The Bertz CT molecular complexity index is 1700. The lowest BCUT2D eigenvalue weighted by molar-refractivity contribution is 0.214. The zero-order valence-corrected chi connectivity index (χ0v) is 31.0.